The summed E-state index contributed by atoms with van der Waals surface area (Å²) in [6.45, 7) is 0. The topological polar surface area (TPSA) is 109 Å². The summed E-state index contributed by atoms with van der Waals surface area (Å²) < 4.78 is 87.8. The molecule has 30 heavy (non-hydrogen) atoms. The Labute approximate surface area is 171 Å². The van der Waals surface area contributed by atoms with Crippen LogP contribution in [0.4, 0.5) is 18.9 Å². The van der Waals surface area contributed by atoms with Crippen molar-refractivity contribution in [3.8, 4) is 0 Å². The highest BCUT2D eigenvalue weighted by Gasteiger charge is 2.32. The van der Waals surface area contributed by atoms with Crippen LogP contribution in [0.5, 0.6) is 0 Å². The lowest BCUT2D eigenvalue weighted by molar-refractivity contribution is -0.137. The van der Waals surface area contributed by atoms with Gasteiger partial charge in [-0.1, -0.05) is 0 Å². The third-order valence-corrected chi connectivity index (χ3v) is 7.76. The van der Waals surface area contributed by atoms with Crippen LogP contribution in [-0.2, 0) is 26.0 Å². The van der Waals surface area contributed by atoms with E-state index >= 15 is 0 Å². The maximum absolute atomic E-state index is 12.6. The summed E-state index contributed by atoms with van der Waals surface area (Å²) in [4.78, 5) is 12.1. The molecule has 12 heteroatoms. The van der Waals surface area contributed by atoms with E-state index in [2.05, 4.69) is 10.0 Å². The Morgan fingerprint density at radius 1 is 1.00 bits per heavy atom. The first-order valence-corrected chi connectivity index (χ1v) is 12.0. The van der Waals surface area contributed by atoms with Crippen molar-refractivity contribution < 1.29 is 34.8 Å². The van der Waals surface area contributed by atoms with Gasteiger partial charge in [-0.3, -0.25) is 4.79 Å². The van der Waals surface area contributed by atoms with Crippen molar-refractivity contribution in [1.29, 1.82) is 0 Å². The molecule has 1 amide bonds. The van der Waals surface area contributed by atoms with Crippen LogP contribution in [-0.4, -0.2) is 40.3 Å². The molecule has 2 N–H and O–H groups in total. The van der Waals surface area contributed by atoms with Crippen molar-refractivity contribution >= 4 is 31.5 Å². The maximum Gasteiger partial charge on any atom is 0.416 e. The molecule has 1 fully saturated rings. The predicted molar refractivity (Wildman–Crippen MR) is 103 cm³/mol. The number of amides is 1. The third-order valence-electron chi connectivity index (χ3n) is 4.45. The highest BCUT2D eigenvalue weighted by atomic mass is 32.2. The molecule has 0 aliphatic carbocycles. The van der Waals surface area contributed by atoms with Gasteiger partial charge in [0.25, 0.3) is 5.91 Å². The van der Waals surface area contributed by atoms with Gasteiger partial charge in [0.1, 0.15) is 0 Å². The fraction of sp³-hybridized carbons (Fsp3) is 0.278. The summed E-state index contributed by atoms with van der Waals surface area (Å²) in [7, 11) is -7.22. The van der Waals surface area contributed by atoms with Crippen molar-refractivity contribution in [1.82, 2.24) is 4.72 Å². The summed E-state index contributed by atoms with van der Waals surface area (Å²) in [6, 6.07) is 8.06. The van der Waals surface area contributed by atoms with Crippen LogP contribution >= 0.6 is 0 Å². The maximum atomic E-state index is 12.6. The number of sulfone groups is 1. The second-order valence-electron chi connectivity index (χ2n) is 6.77. The number of benzene rings is 2. The minimum absolute atomic E-state index is 0.0801. The molecule has 1 heterocycles. The minimum atomic E-state index is -4.49. The fourth-order valence-corrected chi connectivity index (χ4v) is 5.96. The number of hydrogen-bond donors (Lipinski definition) is 2. The lowest BCUT2D eigenvalue weighted by Crippen LogP contribution is -2.35. The molecular formula is C18H17F3N2O5S2. The van der Waals surface area contributed by atoms with Crippen LogP contribution < -0.4 is 10.0 Å². The molecule has 1 aliphatic rings. The van der Waals surface area contributed by atoms with Gasteiger partial charge in [-0.05, 0) is 55.0 Å². The second kappa shape index (κ2) is 8.00. The molecule has 0 radical (unpaired) electrons. The number of hydrogen-bond acceptors (Lipinski definition) is 5. The zero-order valence-corrected chi connectivity index (χ0v) is 16.9. The van der Waals surface area contributed by atoms with Gasteiger partial charge in [0, 0.05) is 17.3 Å². The summed E-state index contributed by atoms with van der Waals surface area (Å²) in [5.74, 6) is -0.975. The SMILES string of the molecule is O=C(Nc1ccc(C(F)(F)F)cc1)c1ccc(S(=O)(=O)NC2CCS(=O)(=O)C2)cc1. The molecule has 2 aromatic rings. The van der Waals surface area contributed by atoms with Crippen LogP contribution in [0.3, 0.4) is 0 Å². The Balaban J connectivity index is 1.66. The van der Waals surface area contributed by atoms with Crippen molar-refractivity contribution in [2.45, 2.75) is 23.5 Å². The summed E-state index contributed by atoms with van der Waals surface area (Å²) >= 11 is 0. The van der Waals surface area contributed by atoms with Gasteiger partial charge in [-0.25, -0.2) is 21.6 Å². The first kappa shape index (κ1) is 22.2. The van der Waals surface area contributed by atoms with E-state index < -0.39 is 43.5 Å². The zero-order chi connectivity index (χ0) is 22.2. The number of halogens is 3. The summed E-state index contributed by atoms with van der Waals surface area (Å²) in [5, 5.41) is 2.42. The number of anilines is 1. The number of nitrogens with one attached hydrogen (secondary N) is 2. The van der Waals surface area contributed by atoms with Crippen LogP contribution in [0.25, 0.3) is 0 Å². The third kappa shape index (κ3) is 5.37. The van der Waals surface area contributed by atoms with Gasteiger partial charge in [-0.2, -0.15) is 13.2 Å². The van der Waals surface area contributed by atoms with Crippen LogP contribution in [0, 0.1) is 0 Å². The largest absolute Gasteiger partial charge is 0.416 e. The molecule has 2 aromatic carbocycles. The molecule has 1 aliphatic heterocycles. The Morgan fingerprint density at radius 3 is 2.10 bits per heavy atom. The lowest BCUT2D eigenvalue weighted by Gasteiger charge is -2.12. The summed E-state index contributed by atoms with van der Waals surface area (Å²) in [5.41, 5.74) is -0.608. The van der Waals surface area contributed by atoms with Crippen molar-refractivity contribution in [3.05, 3.63) is 59.7 Å². The number of carbonyl (C=O) groups excluding carboxylic acids is 1. The van der Waals surface area contributed by atoms with Crippen molar-refractivity contribution in [2.24, 2.45) is 0 Å². The number of alkyl halides is 3. The molecule has 1 atom stereocenters. The van der Waals surface area contributed by atoms with Gasteiger partial charge in [0.2, 0.25) is 10.0 Å². The fourth-order valence-electron chi connectivity index (χ4n) is 2.91. The van der Waals surface area contributed by atoms with Crippen LogP contribution in [0.1, 0.15) is 22.3 Å². The summed E-state index contributed by atoms with van der Waals surface area (Å²) in [6.07, 6.45) is -4.30. The first-order chi connectivity index (χ1) is 13.9. The average molecular weight is 462 g/mol. The van der Waals surface area contributed by atoms with E-state index in [0.717, 1.165) is 24.3 Å². The van der Waals surface area contributed by atoms with E-state index in [1.807, 2.05) is 0 Å². The van der Waals surface area contributed by atoms with E-state index in [1.54, 1.807) is 0 Å². The van der Waals surface area contributed by atoms with E-state index in [9.17, 15) is 34.8 Å². The Morgan fingerprint density at radius 2 is 1.60 bits per heavy atom. The van der Waals surface area contributed by atoms with E-state index in [0.29, 0.717) is 0 Å². The molecular weight excluding hydrogens is 445 g/mol. The van der Waals surface area contributed by atoms with Crippen LogP contribution in [0.15, 0.2) is 53.4 Å². The molecule has 0 bridgehead atoms. The number of rotatable bonds is 5. The van der Waals surface area contributed by atoms with Gasteiger partial charge in [0.15, 0.2) is 9.84 Å². The smallest absolute Gasteiger partial charge is 0.322 e. The quantitative estimate of drug-likeness (QED) is 0.709. The molecule has 0 spiro atoms. The number of sulfonamides is 1. The highest BCUT2D eigenvalue weighted by molar-refractivity contribution is 7.92. The Kier molecular flexibility index (Phi) is 5.94. The minimum Gasteiger partial charge on any atom is -0.322 e. The molecule has 162 valence electrons. The van der Waals surface area contributed by atoms with E-state index in [1.165, 1.54) is 24.3 Å². The van der Waals surface area contributed by atoms with Gasteiger partial charge in [-0.15, -0.1) is 0 Å². The standard InChI is InChI=1S/C18H17F3N2O5S2/c19-18(20,21)13-3-5-14(6-4-13)22-17(24)12-1-7-16(8-2-12)30(27,28)23-15-9-10-29(25,26)11-15/h1-8,15,23H,9-11H2,(H,22,24). The van der Waals surface area contributed by atoms with Gasteiger partial charge in [0.05, 0.1) is 22.0 Å². The van der Waals surface area contributed by atoms with Crippen LogP contribution in [0.2, 0.25) is 0 Å². The molecule has 1 saturated heterocycles. The van der Waals surface area contributed by atoms with Crippen molar-refractivity contribution in [3.63, 3.8) is 0 Å². The number of carbonyl (C=O) groups is 1. The predicted octanol–water partition coefficient (Wildman–Crippen LogP) is 2.42. The second-order valence-corrected chi connectivity index (χ2v) is 10.7. The molecule has 1 unspecified atom stereocenters. The average Bonchev–Trinajstić information content (AvgIpc) is 2.99. The molecule has 3 rings (SSSR count). The normalized spacial score (nSPS) is 18.8. The lowest BCUT2D eigenvalue weighted by atomic mass is 10.2. The van der Waals surface area contributed by atoms with E-state index in [4.69, 9.17) is 0 Å². The molecule has 0 saturated carbocycles. The molecule has 7 nitrogen and oxygen atoms in total. The highest BCUT2D eigenvalue weighted by Crippen LogP contribution is 2.29. The zero-order valence-electron chi connectivity index (χ0n) is 15.3. The monoisotopic (exact) mass is 462 g/mol. The Hall–Kier alpha value is -2.44. The van der Waals surface area contributed by atoms with Gasteiger partial charge < -0.3 is 5.32 Å². The Bertz CT molecular complexity index is 1140. The van der Waals surface area contributed by atoms with E-state index in [-0.39, 0.29) is 34.1 Å². The first-order valence-electron chi connectivity index (χ1n) is 8.67. The molecule has 0 aromatic heterocycles. The van der Waals surface area contributed by atoms with Crippen molar-refractivity contribution in [2.75, 3.05) is 16.8 Å². The van der Waals surface area contributed by atoms with Gasteiger partial charge >= 0.3 is 6.18 Å².